The number of nitrogens with one attached hydrogen (secondary N) is 2. The summed E-state index contributed by atoms with van der Waals surface area (Å²) in [5.74, 6) is 0. The van der Waals surface area contributed by atoms with Crippen molar-refractivity contribution in [3.8, 4) is 0 Å². The van der Waals surface area contributed by atoms with Crippen LogP contribution in [-0.2, 0) is 10.2 Å². The van der Waals surface area contributed by atoms with Gasteiger partial charge in [-0.05, 0) is 19.3 Å². The molecule has 1 rings (SSSR count). The Labute approximate surface area is 78.7 Å². The molecule has 1 fully saturated rings. The Balaban J connectivity index is 2.39. The van der Waals surface area contributed by atoms with Crippen molar-refractivity contribution in [3.63, 3.8) is 0 Å². The summed E-state index contributed by atoms with van der Waals surface area (Å²) in [6.45, 7) is 1.66. The van der Waals surface area contributed by atoms with Crippen molar-refractivity contribution in [2.24, 2.45) is 0 Å². The fourth-order valence-electron chi connectivity index (χ4n) is 0.924. The molecule has 0 aromatic rings. The molecule has 0 spiro atoms. The Morgan fingerprint density at radius 3 is 2.54 bits per heavy atom. The van der Waals surface area contributed by atoms with E-state index in [1.807, 2.05) is 6.92 Å². The molecule has 0 aromatic heterocycles. The van der Waals surface area contributed by atoms with Crippen molar-refractivity contribution in [1.82, 2.24) is 9.44 Å². The smallest absolute Gasteiger partial charge is 0.277 e. The second kappa shape index (κ2) is 4.36. The number of hydrogen-bond acceptors (Lipinski definition) is 3. The van der Waals surface area contributed by atoms with Gasteiger partial charge in [-0.3, -0.25) is 0 Å². The molecular weight excluding hydrogens is 192 g/mol. The molecule has 1 atom stereocenters. The van der Waals surface area contributed by atoms with Gasteiger partial charge in [0.15, 0.2) is 0 Å². The standard InChI is InChI=1S/C7H16N2O3S/c1-2-6(5-10)8-13(11,12)9-7-3-4-7/h6-10H,2-5H2,1H3/t6-/m1/s1. The van der Waals surface area contributed by atoms with Crippen LogP contribution in [0.4, 0.5) is 0 Å². The number of aliphatic hydroxyl groups is 1. The van der Waals surface area contributed by atoms with Crippen LogP contribution in [0.1, 0.15) is 26.2 Å². The third-order valence-corrected chi connectivity index (χ3v) is 3.22. The van der Waals surface area contributed by atoms with Crippen LogP contribution < -0.4 is 9.44 Å². The highest BCUT2D eigenvalue weighted by atomic mass is 32.2. The maximum absolute atomic E-state index is 11.3. The van der Waals surface area contributed by atoms with E-state index in [0.717, 1.165) is 12.8 Å². The Bertz CT molecular complexity index is 244. The summed E-state index contributed by atoms with van der Waals surface area (Å²) in [6, 6.07) is -0.273. The first kappa shape index (κ1) is 10.9. The summed E-state index contributed by atoms with van der Waals surface area (Å²) >= 11 is 0. The third-order valence-electron chi connectivity index (χ3n) is 1.93. The lowest BCUT2D eigenvalue weighted by Crippen LogP contribution is -2.44. The van der Waals surface area contributed by atoms with Gasteiger partial charge in [-0.25, -0.2) is 0 Å². The van der Waals surface area contributed by atoms with E-state index in [4.69, 9.17) is 5.11 Å². The van der Waals surface area contributed by atoms with E-state index in [1.165, 1.54) is 0 Å². The van der Waals surface area contributed by atoms with E-state index in [2.05, 4.69) is 9.44 Å². The molecule has 6 heteroatoms. The van der Waals surface area contributed by atoms with Crippen LogP contribution in [0.5, 0.6) is 0 Å². The summed E-state index contributed by atoms with van der Waals surface area (Å²) in [6.07, 6.45) is 2.41. The van der Waals surface area contributed by atoms with E-state index in [1.54, 1.807) is 0 Å². The minimum atomic E-state index is -3.40. The average molecular weight is 208 g/mol. The van der Waals surface area contributed by atoms with Crippen molar-refractivity contribution >= 4 is 10.2 Å². The van der Waals surface area contributed by atoms with E-state index < -0.39 is 10.2 Å². The van der Waals surface area contributed by atoms with E-state index in [9.17, 15) is 8.42 Å². The van der Waals surface area contributed by atoms with Gasteiger partial charge in [0.1, 0.15) is 0 Å². The van der Waals surface area contributed by atoms with Gasteiger partial charge in [-0.15, -0.1) is 0 Å². The third kappa shape index (κ3) is 4.04. The zero-order valence-corrected chi connectivity index (χ0v) is 8.47. The normalized spacial score (nSPS) is 20.2. The van der Waals surface area contributed by atoms with Crippen LogP contribution in [0.2, 0.25) is 0 Å². The molecule has 0 aromatic carbocycles. The van der Waals surface area contributed by atoms with Crippen LogP contribution in [0.3, 0.4) is 0 Å². The molecule has 3 N–H and O–H groups in total. The fraction of sp³-hybridized carbons (Fsp3) is 1.00. The predicted molar refractivity (Wildman–Crippen MR) is 49.4 cm³/mol. The molecule has 1 aliphatic rings. The Kier molecular flexibility index (Phi) is 3.66. The highest BCUT2D eigenvalue weighted by Crippen LogP contribution is 2.19. The highest BCUT2D eigenvalue weighted by Gasteiger charge is 2.27. The lowest BCUT2D eigenvalue weighted by molar-refractivity contribution is 0.253. The van der Waals surface area contributed by atoms with Crippen LogP contribution >= 0.6 is 0 Å². The lowest BCUT2D eigenvalue weighted by Gasteiger charge is -2.14. The number of rotatable bonds is 6. The molecule has 1 saturated carbocycles. The van der Waals surface area contributed by atoms with Crippen molar-refractivity contribution in [1.29, 1.82) is 0 Å². The molecule has 0 bridgehead atoms. The zero-order chi connectivity index (χ0) is 9.90. The van der Waals surface area contributed by atoms with Crippen LogP contribution in [0, 0.1) is 0 Å². The molecule has 0 radical (unpaired) electrons. The Hall–Kier alpha value is -0.170. The second-order valence-corrected chi connectivity index (χ2v) is 4.78. The first-order valence-corrected chi connectivity index (χ1v) is 5.96. The molecule has 5 nitrogen and oxygen atoms in total. The summed E-state index contributed by atoms with van der Waals surface area (Å²) in [7, 11) is -3.40. The quantitative estimate of drug-likeness (QED) is 0.542. The Morgan fingerprint density at radius 1 is 1.54 bits per heavy atom. The molecular formula is C7H16N2O3S. The maximum atomic E-state index is 11.3. The van der Waals surface area contributed by atoms with E-state index >= 15 is 0 Å². The van der Waals surface area contributed by atoms with Gasteiger partial charge in [0.2, 0.25) is 0 Å². The van der Waals surface area contributed by atoms with Gasteiger partial charge in [-0.2, -0.15) is 17.9 Å². The van der Waals surface area contributed by atoms with Gasteiger partial charge in [0.25, 0.3) is 10.2 Å². The van der Waals surface area contributed by atoms with Crippen molar-refractivity contribution in [2.75, 3.05) is 6.61 Å². The second-order valence-electron chi connectivity index (χ2n) is 3.30. The molecule has 1 aliphatic carbocycles. The van der Waals surface area contributed by atoms with Crippen LogP contribution in [0.25, 0.3) is 0 Å². The molecule has 0 aliphatic heterocycles. The molecule has 0 unspecified atom stereocenters. The minimum Gasteiger partial charge on any atom is -0.395 e. The number of aliphatic hydroxyl groups excluding tert-OH is 1. The molecule has 0 saturated heterocycles. The molecule has 0 amide bonds. The van der Waals surface area contributed by atoms with Gasteiger partial charge in [0, 0.05) is 12.1 Å². The van der Waals surface area contributed by atoms with Crippen LogP contribution in [0.15, 0.2) is 0 Å². The highest BCUT2D eigenvalue weighted by molar-refractivity contribution is 7.87. The fourth-order valence-corrected chi connectivity index (χ4v) is 2.35. The lowest BCUT2D eigenvalue weighted by atomic mass is 10.3. The minimum absolute atomic E-state index is 0.105. The van der Waals surface area contributed by atoms with Gasteiger partial charge >= 0.3 is 0 Å². The van der Waals surface area contributed by atoms with Crippen molar-refractivity contribution in [3.05, 3.63) is 0 Å². The zero-order valence-electron chi connectivity index (χ0n) is 7.66. The summed E-state index contributed by atoms with van der Waals surface area (Å²) in [4.78, 5) is 0. The summed E-state index contributed by atoms with van der Waals surface area (Å²) < 4.78 is 27.4. The van der Waals surface area contributed by atoms with Crippen molar-refractivity contribution in [2.45, 2.75) is 38.3 Å². The van der Waals surface area contributed by atoms with Crippen LogP contribution in [-0.4, -0.2) is 32.2 Å². The van der Waals surface area contributed by atoms with E-state index in [-0.39, 0.29) is 18.7 Å². The van der Waals surface area contributed by atoms with Gasteiger partial charge < -0.3 is 5.11 Å². The monoisotopic (exact) mass is 208 g/mol. The molecule has 78 valence electrons. The summed E-state index contributed by atoms with van der Waals surface area (Å²) in [5, 5.41) is 8.78. The molecule has 0 heterocycles. The topological polar surface area (TPSA) is 78.4 Å². The predicted octanol–water partition coefficient (Wildman–Crippen LogP) is -0.656. The SMILES string of the molecule is CC[C@H](CO)NS(=O)(=O)NC1CC1. The molecule has 13 heavy (non-hydrogen) atoms. The largest absolute Gasteiger partial charge is 0.395 e. The first-order valence-electron chi connectivity index (χ1n) is 4.48. The average Bonchev–Trinajstić information content (AvgIpc) is 2.83. The van der Waals surface area contributed by atoms with Gasteiger partial charge in [0.05, 0.1) is 6.61 Å². The van der Waals surface area contributed by atoms with E-state index in [0.29, 0.717) is 6.42 Å². The summed E-state index contributed by atoms with van der Waals surface area (Å²) in [5.41, 5.74) is 0. The maximum Gasteiger partial charge on any atom is 0.277 e. The van der Waals surface area contributed by atoms with Crippen molar-refractivity contribution < 1.29 is 13.5 Å². The number of hydrogen-bond donors (Lipinski definition) is 3. The first-order chi connectivity index (χ1) is 6.07. The Morgan fingerprint density at radius 2 is 2.15 bits per heavy atom. The van der Waals surface area contributed by atoms with Gasteiger partial charge in [-0.1, -0.05) is 6.92 Å².